The van der Waals surface area contributed by atoms with Crippen molar-refractivity contribution >= 4 is 29.2 Å². The van der Waals surface area contributed by atoms with E-state index in [0.29, 0.717) is 23.1 Å². The summed E-state index contributed by atoms with van der Waals surface area (Å²) in [6, 6.07) is 5.22. The third-order valence-corrected chi connectivity index (χ3v) is 3.35. The molecule has 1 aromatic rings. The molecule has 0 N–H and O–H groups in total. The average Bonchev–Trinajstić information content (AvgIpc) is 2.33. The van der Waals surface area contributed by atoms with E-state index in [4.69, 9.17) is 27.9 Å². The first-order chi connectivity index (χ1) is 8.42. The smallest absolute Gasteiger partial charge is 0.315 e. The summed E-state index contributed by atoms with van der Waals surface area (Å²) >= 11 is 11.9. The van der Waals surface area contributed by atoms with E-state index in [2.05, 4.69) is 6.58 Å². The Kier molecular flexibility index (Phi) is 5.24. The molecule has 1 aromatic carbocycles. The van der Waals surface area contributed by atoms with Gasteiger partial charge < -0.3 is 4.74 Å². The highest BCUT2D eigenvalue weighted by Gasteiger charge is 2.32. The number of rotatable bonds is 5. The van der Waals surface area contributed by atoms with Crippen LogP contribution in [0.5, 0.6) is 0 Å². The van der Waals surface area contributed by atoms with Crippen LogP contribution in [0.15, 0.2) is 30.9 Å². The normalized spacial score (nSPS) is 13.8. The SMILES string of the molecule is C=CC(C)(Cc1ccc(Cl)cc1Cl)C(=O)OCC. The van der Waals surface area contributed by atoms with E-state index >= 15 is 0 Å². The van der Waals surface area contributed by atoms with Gasteiger partial charge in [0, 0.05) is 10.0 Å². The molecule has 0 aliphatic rings. The van der Waals surface area contributed by atoms with Crippen molar-refractivity contribution in [1.82, 2.24) is 0 Å². The maximum absolute atomic E-state index is 11.9. The van der Waals surface area contributed by atoms with Crippen LogP contribution in [0.25, 0.3) is 0 Å². The van der Waals surface area contributed by atoms with Crippen LogP contribution in [0, 0.1) is 5.41 Å². The van der Waals surface area contributed by atoms with Gasteiger partial charge >= 0.3 is 5.97 Å². The summed E-state index contributed by atoms with van der Waals surface area (Å²) in [5.74, 6) is -0.300. The summed E-state index contributed by atoms with van der Waals surface area (Å²) in [6.45, 7) is 7.61. The molecular weight excluding hydrogens is 271 g/mol. The number of hydrogen-bond acceptors (Lipinski definition) is 2. The Morgan fingerprint density at radius 1 is 1.50 bits per heavy atom. The minimum absolute atomic E-state index is 0.300. The minimum Gasteiger partial charge on any atom is -0.465 e. The average molecular weight is 287 g/mol. The third kappa shape index (κ3) is 3.50. The van der Waals surface area contributed by atoms with Crippen molar-refractivity contribution in [2.24, 2.45) is 5.41 Å². The summed E-state index contributed by atoms with van der Waals surface area (Å²) < 4.78 is 5.05. The zero-order valence-electron chi connectivity index (χ0n) is 10.5. The molecule has 18 heavy (non-hydrogen) atoms. The molecule has 98 valence electrons. The lowest BCUT2D eigenvalue weighted by Gasteiger charge is -2.23. The fourth-order valence-electron chi connectivity index (χ4n) is 1.58. The van der Waals surface area contributed by atoms with Crippen LogP contribution in [-0.4, -0.2) is 12.6 Å². The zero-order chi connectivity index (χ0) is 13.8. The number of benzene rings is 1. The van der Waals surface area contributed by atoms with Gasteiger partial charge in [-0.25, -0.2) is 0 Å². The first-order valence-corrected chi connectivity index (χ1v) is 6.43. The van der Waals surface area contributed by atoms with Crippen molar-refractivity contribution in [1.29, 1.82) is 0 Å². The topological polar surface area (TPSA) is 26.3 Å². The number of esters is 1. The molecule has 0 bridgehead atoms. The van der Waals surface area contributed by atoms with E-state index in [1.54, 1.807) is 32.1 Å². The van der Waals surface area contributed by atoms with E-state index < -0.39 is 5.41 Å². The number of halogens is 2. The maximum atomic E-state index is 11.9. The Hall–Kier alpha value is -0.990. The third-order valence-electron chi connectivity index (χ3n) is 2.77. The van der Waals surface area contributed by atoms with Gasteiger partial charge in [0.05, 0.1) is 12.0 Å². The van der Waals surface area contributed by atoms with Crippen molar-refractivity contribution in [3.63, 3.8) is 0 Å². The molecule has 0 aliphatic heterocycles. The van der Waals surface area contributed by atoms with Gasteiger partial charge in [-0.1, -0.05) is 35.3 Å². The van der Waals surface area contributed by atoms with E-state index in [1.807, 2.05) is 6.07 Å². The summed E-state index contributed by atoms with van der Waals surface area (Å²) in [5.41, 5.74) is 0.0598. The number of ether oxygens (including phenoxy) is 1. The van der Waals surface area contributed by atoms with Crippen LogP contribution in [-0.2, 0) is 16.0 Å². The van der Waals surface area contributed by atoms with Crippen LogP contribution in [0.3, 0.4) is 0 Å². The molecule has 0 spiro atoms. The highest BCUT2D eigenvalue weighted by molar-refractivity contribution is 6.35. The number of hydrogen-bond donors (Lipinski definition) is 0. The van der Waals surface area contributed by atoms with Crippen molar-refractivity contribution in [3.8, 4) is 0 Å². The highest BCUT2D eigenvalue weighted by atomic mass is 35.5. The molecule has 1 rings (SSSR count). The van der Waals surface area contributed by atoms with Crippen LogP contribution in [0.4, 0.5) is 0 Å². The molecule has 0 aromatic heterocycles. The van der Waals surface area contributed by atoms with Gasteiger partial charge in [-0.2, -0.15) is 0 Å². The van der Waals surface area contributed by atoms with Crippen LogP contribution >= 0.6 is 23.2 Å². The Morgan fingerprint density at radius 2 is 2.17 bits per heavy atom. The lowest BCUT2D eigenvalue weighted by atomic mass is 9.84. The fourth-order valence-corrected chi connectivity index (χ4v) is 2.06. The summed E-state index contributed by atoms with van der Waals surface area (Å²) in [5, 5.41) is 1.11. The molecule has 1 unspecified atom stereocenters. The molecule has 0 amide bonds. The van der Waals surface area contributed by atoms with E-state index in [0.717, 1.165) is 5.56 Å². The Bertz CT molecular complexity index is 457. The van der Waals surface area contributed by atoms with Gasteiger partial charge in [0.1, 0.15) is 0 Å². The first kappa shape index (κ1) is 15.1. The molecule has 1 atom stereocenters. The van der Waals surface area contributed by atoms with Gasteiger partial charge in [-0.15, -0.1) is 6.58 Å². The van der Waals surface area contributed by atoms with Crippen LogP contribution < -0.4 is 0 Å². The van der Waals surface area contributed by atoms with Gasteiger partial charge in [0.2, 0.25) is 0 Å². The zero-order valence-corrected chi connectivity index (χ0v) is 12.0. The molecule has 0 fully saturated rings. The van der Waals surface area contributed by atoms with Crippen LogP contribution in [0.1, 0.15) is 19.4 Å². The largest absolute Gasteiger partial charge is 0.465 e. The Balaban J connectivity index is 2.98. The van der Waals surface area contributed by atoms with Crippen molar-refractivity contribution < 1.29 is 9.53 Å². The fraction of sp³-hybridized carbons (Fsp3) is 0.357. The standard InChI is InChI=1S/C14H16Cl2O2/c1-4-14(3,13(17)18-5-2)9-10-6-7-11(15)8-12(10)16/h4,6-8H,1,5,9H2,2-3H3. The predicted octanol–water partition coefficient (Wildman–Crippen LogP) is 4.29. The predicted molar refractivity (Wildman–Crippen MR) is 75.1 cm³/mol. The van der Waals surface area contributed by atoms with Gasteiger partial charge in [-0.05, 0) is 38.0 Å². The van der Waals surface area contributed by atoms with Crippen molar-refractivity contribution in [2.45, 2.75) is 20.3 Å². The lowest BCUT2D eigenvalue weighted by Crippen LogP contribution is -2.30. The van der Waals surface area contributed by atoms with Crippen molar-refractivity contribution in [3.05, 3.63) is 46.5 Å². The maximum Gasteiger partial charge on any atom is 0.315 e. The minimum atomic E-state index is -0.784. The summed E-state index contributed by atoms with van der Waals surface area (Å²) in [6.07, 6.45) is 2.03. The van der Waals surface area contributed by atoms with E-state index in [-0.39, 0.29) is 5.97 Å². The van der Waals surface area contributed by atoms with Gasteiger partial charge in [0.15, 0.2) is 0 Å². The molecular formula is C14H16Cl2O2. The second-order valence-electron chi connectivity index (χ2n) is 4.25. The van der Waals surface area contributed by atoms with E-state index in [1.165, 1.54) is 0 Å². The molecule has 0 saturated heterocycles. The van der Waals surface area contributed by atoms with Crippen LogP contribution in [0.2, 0.25) is 10.0 Å². The van der Waals surface area contributed by atoms with Gasteiger partial charge in [0.25, 0.3) is 0 Å². The Labute approximate surface area is 118 Å². The monoisotopic (exact) mass is 286 g/mol. The number of carbonyl (C=O) groups is 1. The van der Waals surface area contributed by atoms with Crippen molar-refractivity contribution in [2.75, 3.05) is 6.61 Å². The first-order valence-electron chi connectivity index (χ1n) is 5.67. The second-order valence-corrected chi connectivity index (χ2v) is 5.10. The lowest BCUT2D eigenvalue weighted by molar-refractivity contribution is -0.151. The second kappa shape index (κ2) is 6.26. The quantitative estimate of drug-likeness (QED) is 0.596. The molecule has 0 aliphatic carbocycles. The van der Waals surface area contributed by atoms with Gasteiger partial charge in [-0.3, -0.25) is 4.79 Å². The van der Waals surface area contributed by atoms with E-state index in [9.17, 15) is 4.79 Å². The summed E-state index contributed by atoms with van der Waals surface area (Å²) in [4.78, 5) is 11.9. The molecule has 0 heterocycles. The molecule has 4 heteroatoms. The highest BCUT2D eigenvalue weighted by Crippen LogP contribution is 2.30. The number of carbonyl (C=O) groups excluding carboxylic acids is 1. The molecule has 0 saturated carbocycles. The summed E-state index contributed by atoms with van der Waals surface area (Å²) in [7, 11) is 0. The Morgan fingerprint density at radius 3 is 2.67 bits per heavy atom. The molecule has 2 nitrogen and oxygen atoms in total. The molecule has 0 radical (unpaired) electrons.